The van der Waals surface area contributed by atoms with Gasteiger partial charge in [-0.1, -0.05) is 30.3 Å². The van der Waals surface area contributed by atoms with Crippen LogP contribution in [-0.2, 0) is 4.79 Å². The number of allylic oxidation sites excluding steroid dienone is 1. The summed E-state index contributed by atoms with van der Waals surface area (Å²) in [7, 11) is 0. The van der Waals surface area contributed by atoms with Gasteiger partial charge in [0.1, 0.15) is 0 Å². The normalized spacial score (nSPS) is 11.4. The molecule has 2 aromatic rings. The maximum atomic E-state index is 11.2. The van der Waals surface area contributed by atoms with Gasteiger partial charge in [0.15, 0.2) is 12.1 Å². The van der Waals surface area contributed by atoms with Crippen molar-refractivity contribution < 1.29 is 9.59 Å². The van der Waals surface area contributed by atoms with Gasteiger partial charge in [-0.05, 0) is 11.6 Å². The summed E-state index contributed by atoms with van der Waals surface area (Å²) in [6.07, 6.45) is 3.62. The van der Waals surface area contributed by atoms with E-state index in [0.717, 1.165) is 0 Å². The molecule has 100 valence electrons. The van der Waals surface area contributed by atoms with Gasteiger partial charge in [0.05, 0.1) is 11.3 Å². The number of aromatic nitrogens is 2. The van der Waals surface area contributed by atoms with Crippen molar-refractivity contribution in [2.45, 2.75) is 0 Å². The fourth-order valence-corrected chi connectivity index (χ4v) is 1.72. The van der Waals surface area contributed by atoms with E-state index in [1.54, 1.807) is 30.6 Å². The fraction of sp³-hybridized carbons (Fsp3) is 0. The summed E-state index contributed by atoms with van der Waals surface area (Å²) in [6, 6.07) is 9.88. The summed E-state index contributed by atoms with van der Waals surface area (Å²) in [5.41, 5.74) is 6.22. The molecule has 6 nitrogen and oxygen atoms in total. The number of rotatable bonds is 4. The van der Waals surface area contributed by atoms with Crippen LogP contribution in [0, 0.1) is 0 Å². The van der Waals surface area contributed by atoms with Crippen molar-refractivity contribution in [2.24, 2.45) is 5.73 Å². The monoisotopic (exact) mass is 268 g/mol. The highest BCUT2D eigenvalue weighted by molar-refractivity contribution is 5.96. The summed E-state index contributed by atoms with van der Waals surface area (Å²) < 4.78 is 0. The number of carbonyl (C=O) groups is 2. The van der Waals surface area contributed by atoms with E-state index in [9.17, 15) is 9.59 Å². The number of hydrogen-bond donors (Lipinski definition) is 2. The topological polar surface area (TPSA) is 98.0 Å². The van der Waals surface area contributed by atoms with Gasteiger partial charge in [0, 0.05) is 12.4 Å². The number of urea groups is 1. The van der Waals surface area contributed by atoms with Gasteiger partial charge < -0.3 is 11.1 Å². The van der Waals surface area contributed by atoms with Crippen molar-refractivity contribution in [1.29, 1.82) is 0 Å². The van der Waals surface area contributed by atoms with Gasteiger partial charge >= 0.3 is 6.03 Å². The Morgan fingerprint density at radius 2 is 1.75 bits per heavy atom. The van der Waals surface area contributed by atoms with E-state index < -0.39 is 6.03 Å². The predicted molar refractivity (Wildman–Crippen MR) is 73.3 cm³/mol. The number of nitrogens with zero attached hydrogens (tertiary/aromatic N) is 2. The lowest BCUT2D eigenvalue weighted by Gasteiger charge is -2.10. The van der Waals surface area contributed by atoms with Crippen molar-refractivity contribution in [2.75, 3.05) is 0 Å². The third-order valence-corrected chi connectivity index (χ3v) is 2.50. The van der Waals surface area contributed by atoms with E-state index in [0.29, 0.717) is 23.2 Å². The first-order valence-electron chi connectivity index (χ1n) is 5.81. The van der Waals surface area contributed by atoms with Crippen LogP contribution < -0.4 is 11.1 Å². The van der Waals surface area contributed by atoms with E-state index >= 15 is 0 Å². The molecule has 0 saturated carbocycles. The molecular formula is C14H12N4O2. The van der Waals surface area contributed by atoms with E-state index in [1.807, 2.05) is 18.2 Å². The summed E-state index contributed by atoms with van der Waals surface area (Å²) in [5.74, 6) is 0.328. The molecule has 1 heterocycles. The zero-order valence-corrected chi connectivity index (χ0v) is 10.5. The SMILES string of the molecule is NC(=O)NC(C=O)=C(c1ccccc1)c1ncccn1. The number of carbonyl (C=O) groups excluding carboxylic acids is 2. The summed E-state index contributed by atoms with van der Waals surface area (Å²) in [5, 5.41) is 2.30. The van der Waals surface area contributed by atoms with Crippen LogP contribution >= 0.6 is 0 Å². The zero-order valence-electron chi connectivity index (χ0n) is 10.5. The molecule has 0 aliphatic rings. The van der Waals surface area contributed by atoms with Crippen LogP contribution in [0.1, 0.15) is 11.4 Å². The van der Waals surface area contributed by atoms with Gasteiger partial charge in [0.25, 0.3) is 0 Å². The van der Waals surface area contributed by atoms with Crippen molar-refractivity contribution in [3.63, 3.8) is 0 Å². The Hall–Kier alpha value is -3.02. The highest BCUT2D eigenvalue weighted by Crippen LogP contribution is 2.22. The van der Waals surface area contributed by atoms with Crippen LogP contribution in [-0.4, -0.2) is 22.3 Å². The lowest BCUT2D eigenvalue weighted by molar-refractivity contribution is -0.105. The first-order valence-corrected chi connectivity index (χ1v) is 5.81. The number of benzene rings is 1. The minimum Gasteiger partial charge on any atom is -0.351 e. The molecule has 0 fully saturated rings. The molecule has 1 aromatic heterocycles. The number of aldehydes is 1. The van der Waals surface area contributed by atoms with E-state index in [2.05, 4.69) is 15.3 Å². The molecule has 0 unspecified atom stereocenters. The van der Waals surface area contributed by atoms with E-state index in [4.69, 9.17) is 5.73 Å². The molecule has 2 amide bonds. The fourth-order valence-electron chi connectivity index (χ4n) is 1.72. The molecule has 2 rings (SSSR count). The molecule has 0 radical (unpaired) electrons. The molecule has 0 bridgehead atoms. The van der Waals surface area contributed by atoms with Crippen molar-refractivity contribution in [3.05, 3.63) is 65.9 Å². The molecule has 0 spiro atoms. The number of amides is 2. The molecule has 1 aromatic carbocycles. The van der Waals surface area contributed by atoms with Gasteiger partial charge in [-0.2, -0.15) is 0 Å². The Labute approximate surface area is 115 Å². The highest BCUT2D eigenvalue weighted by atomic mass is 16.2. The number of nitrogens with one attached hydrogen (secondary N) is 1. The van der Waals surface area contributed by atoms with Crippen molar-refractivity contribution >= 4 is 17.9 Å². The maximum Gasteiger partial charge on any atom is 0.316 e. The number of nitrogens with two attached hydrogens (primary N) is 1. The van der Waals surface area contributed by atoms with Gasteiger partial charge in [-0.25, -0.2) is 14.8 Å². The van der Waals surface area contributed by atoms with E-state index in [-0.39, 0.29) is 5.70 Å². The smallest absolute Gasteiger partial charge is 0.316 e. The molecule has 0 saturated heterocycles. The Bertz CT molecular complexity index is 597. The number of primary amides is 1. The minimum atomic E-state index is -0.823. The van der Waals surface area contributed by atoms with Gasteiger partial charge in [0.2, 0.25) is 0 Å². The molecule has 20 heavy (non-hydrogen) atoms. The van der Waals surface area contributed by atoms with Gasteiger partial charge in [-0.3, -0.25) is 4.79 Å². The molecule has 0 aliphatic heterocycles. The third kappa shape index (κ3) is 3.05. The average Bonchev–Trinajstić information content (AvgIpc) is 2.48. The molecule has 0 aliphatic carbocycles. The second kappa shape index (κ2) is 6.24. The molecule has 0 atom stereocenters. The summed E-state index contributed by atoms with van der Waals surface area (Å²) >= 11 is 0. The average molecular weight is 268 g/mol. The quantitative estimate of drug-likeness (QED) is 0.641. The summed E-state index contributed by atoms with van der Waals surface area (Å²) in [6.45, 7) is 0. The molecule has 6 heteroatoms. The van der Waals surface area contributed by atoms with Crippen molar-refractivity contribution in [1.82, 2.24) is 15.3 Å². The molecular weight excluding hydrogens is 256 g/mol. The molecule has 3 N–H and O–H groups in total. The standard InChI is InChI=1S/C14H12N4O2/c15-14(20)18-11(9-19)12(10-5-2-1-3-6-10)13-16-7-4-8-17-13/h1-9H,(H3,15,18,20). The zero-order chi connectivity index (χ0) is 14.4. The van der Waals surface area contributed by atoms with Crippen LogP contribution in [0.4, 0.5) is 4.79 Å². The second-order valence-electron chi connectivity index (χ2n) is 3.83. The Kier molecular flexibility index (Phi) is 4.18. The largest absolute Gasteiger partial charge is 0.351 e. The van der Waals surface area contributed by atoms with Crippen LogP contribution in [0.25, 0.3) is 5.57 Å². The lowest BCUT2D eigenvalue weighted by Crippen LogP contribution is -2.30. The van der Waals surface area contributed by atoms with Crippen LogP contribution in [0.2, 0.25) is 0 Å². The lowest BCUT2D eigenvalue weighted by atomic mass is 10.0. The first kappa shape index (κ1) is 13.4. The minimum absolute atomic E-state index is 0.0231. The second-order valence-corrected chi connectivity index (χ2v) is 3.83. The van der Waals surface area contributed by atoms with Crippen molar-refractivity contribution in [3.8, 4) is 0 Å². The van der Waals surface area contributed by atoms with Crippen LogP contribution in [0.5, 0.6) is 0 Å². The Morgan fingerprint density at radius 3 is 2.30 bits per heavy atom. The van der Waals surface area contributed by atoms with Crippen LogP contribution in [0.3, 0.4) is 0 Å². The highest BCUT2D eigenvalue weighted by Gasteiger charge is 2.15. The Morgan fingerprint density at radius 1 is 1.10 bits per heavy atom. The van der Waals surface area contributed by atoms with Gasteiger partial charge in [-0.15, -0.1) is 0 Å². The third-order valence-electron chi connectivity index (χ3n) is 2.50. The van der Waals surface area contributed by atoms with E-state index in [1.165, 1.54) is 0 Å². The Balaban J connectivity index is 2.63. The number of hydrogen-bond acceptors (Lipinski definition) is 4. The summed E-state index contributed by atoms with van der Waals surface area (Å²) in [4.78, 5) is 30.5. The predicted octanol–water partition coefficient (Wildman–Crippen LogP) is 1.10. The first-order chi connectivity index (χ1) is 9.72. The maximum absolute atomic E-state index is 11.2. The van der Waals surface area contributed by atoms with Crippen LogP contribution in [0.15, 0.2) is 54.5 Å².